The molecule has 11 rings (SSSR count). The van der Waals surface area contributed by atoms with Crippen molar-refractivity contribution in [2.75, 3.05) is 16.5 Å². The van der Waals surface area contributed by atoms with Gasteiger partial charge in [0, 0.05) is 0 Å². The Morgan fingerprint density at radius 1 is 0.458 bits per heavy atom. The number of anilines is 4. The number of hydrogen-bond acceptors (Lipinski definition) is 4. The minimum atomic E-state index is -2.27. The van der Waals surface area contributed by atoms with Crippen LogP contribution in [0, 0.1) is 0 Å². The normalized spacial score (nSPS) is 15.0. The van der Waals surface area contributed by atoms with Gasteiger partial charge in [-0.2, -0.15) is 0 Å². The van der Waals surface area contributed by atoms with Crippen LogP contribution < -0.4 is 23.5 Å². The summed E-state index contributed by atoms with van der Waals surface area (Å²) < 4.78 is 12.4. The number of aromatic nitrogens is 2. The standard InChI is InChI=1S/C66H70N4OSe/c1-63(2,3)44-30-31-67-59(37-44)70-55-28-21-29-57-60(55)61-56(70)39-50(40-58(61)72(57,13)14)71-49-25-20-24-48(38-49)68-41-69(54-27-19-18-26-53(54)68)62-51(42-22-16-15-17-23-42)35-47(66(10,11)12)36-52(62)43-32-45(64(4,5)6)34-46(33-43)65(7,8)9/h15-40H,41H2,1-14H3. The molecule has 0 fully saturated rings. The van der Waals surface area contributed by atoms with Crippen molar-refractivity contribution in [1.29, 1.82) is 0 Å². The zero-order chi connectivity index (χ0) is 50.9. The third-order valence-corrected chi connectivity index (χ3v) is 21.2. The van der Waals surface area contributed by atoms with Gasteiger partial charge in [0.05, 0.1) is 0 Å². The molecule has 5 nitrogen and oxygen atoms in total. The summed E-state index contributed by atoms with van der Waals surface area (Å²) in [5, 5.41) is 2.73. The van der Waals surface area contributed by atoms with E-state index in [4.69, 9.17) is 9.72 Å². The number of hydrogen-bond donors (Lipinski definition) is 0. The first kappa shape index (κ1) is 47.7. The third kappa shape index (κ3) is 8.12. The molecule has 2 aromatic heterocycles. The predicted octanol–water partition coefficient (Wildman–Crippen LogP) is 16.9. The van der Waals surface area contributed by atoms with E-state index >= 15 is 0 Å². The minimum absolute atomic E-state index is 0.0106. The van der Waals surface area contributed by atoms with Crippen LogP contribution in [0.4, 0.5) is 22.7 Å². The molecule has 366 valence electrons. The van der Waals surface area contributed by atoms with Crippen molar-refractivity contribution in [2.24, 2.45) is 0 Å². The summed E-state index contributed by atoms with van der Waals surface area (Å²) in [6, 6.07) is 56.8. The molecule has 2 aliphatic rings. The van der Waals surface area contributed by atoms with Gasteiger partial charge in [0.25, 0.3) is 0 Å². The fourth-order valence-electron chi connectivity index (χ4n) is 10.9. The summed E-state index contributed by atoms with van der Waals surface area (Å²) >= 11 is -2.27. The maximum atomic E-state index is 7.10. The van der Waals surface area contributed by atoms with Gasteiger partial charge in [0.2, 0.25) is 0 Å². The first-order valence-corrected chi connectivity index (χ1v) is 30.7. The summed E-state index contributed by atoms with van der Waals surface area (Å²) in [4.78, 5) is 10.0. The molecular weight excluding hydrogens is 944 g/mol. The van der Waals surface area contributed by atoms with E-state index < -0.39 is 12.8 Å². The Bertz CT molecular complexity index is 3580. The van der Waals surface area contributed by atoms with E-state index in [-0.39, 0.29) is 21.7 Å². The molecular formula is C66H70N4OSe. The Labute approximate surface area is 430 Å². The largest absolute Gasteiger partial charge is 0.0561 e. The number of fused-ring (bicyclic) bond motifs is 1. The van der Waals surface area contributed by atoms with Crippen molar-refractivity contribution in [1.82, 2.24) is 9.55 Å². The van der Waals surface area contributed by atoms with Crippen LogP contribution in [0.2, 0.25) is 11.6 Å². The molecule has 9 aromatic rings. The van der Waals surface area contributed by atoms with E-state index in [2.05, 4.69) is 261 Å². The third-order valence-electron chi connectivity index (χ3n) is 15.1. The SMILES string of the molecule is CC(C)(C)c1cc(-c2cc(C(C)(C)C)cc(-c3ccccc3)c2N2CN(c3cccc(Oc4cc5c6c7c(cccc7n(-c7cc(C(C)(C)C)ccn7)c6c4)[Se]5(C)C)c3)c3ccccc32)cc(C(C)(C)C)c1. The van der Waals surface area contributed by atoms with Crippen molar-refractivity contribution in [3.63, 3.8) is 0 Å². The Kier molecular flexibility index (Phi) is 11.1. The summed E-state index contributed by atoms with van der Waals surface area (Å²) in [7, 11) is 0. The van der Waals surface area contributed by atoms with E-state index in [1.54, 1.807) is 0 Å². The first-order valence-electron chi connectivity index (χ1n) is 25.6. The molecule has 0 amide bonds. The van der Waals surface area contributed by atoms with Crippen molar-refractivity contribution < 1.29 is 4.74 Å². The second-order valence-electron chi connectivity index (χ2n) is 24.7. The van der Waals surface area contributed by atoms with Gasteiger partial charge in [-0.1, -0.05) is 111 Å². The monoisotopic (exact) mass is 1010 g/mol. The average molecular weight is 1010 g/mol. The van der Waals surface area contributed by atoms with Gasteiger partial charge >= 0.3 is 266 Å². The molecule has 6 heteroatoms. The van der Waals surface area contributed by atoms with Crippen LogP contribution in [0.1, 0.15) is 105 Å². The number of pyridine rings is 1. The molecule has 0 radical (unpaired) electrons. The summed E-state index contributed by atoms with van der Waals surface area (Å²) in [6.07, 6.45) is 1.96. The maximum absolute atomic E-state index is 7.10. The van der Waals surface area contributed by atoms with Gasteiger partial charge in [0.15, 0.2) is 0 Å². The number of rotatable bonds is 7. The molecule has 0 saturated heterocycles. The second kappa shape index (κ2) is 16.7. The van der Waals surface area contributed by atoms with Crippen LogP contribution in [-0.2, 0) is 21.7 Å². The van der Waals surface area contributed by atoms with Crippen molar-refractivity contribution in [3.8, 4) is 39.6 Å². The van der Waals surface area contributed by atoms with Gasteiger partial charge in [-0.3, -0.25) is 0 Å². The Morgan fingerprint density at radius 3 is 1.69 bits per heavy atom. The molecule has 0 saturated carbocycles. The smallest absolute Gasteiger partial charge is 0.0132 e. The number of para-hydroxylation sites is 2. The Balaban J connectivity index is 1.05. The Morgan fingerprint density at radius 2 is 1.04 bits per heavy atom. The van der Waals surface area contributed by atoms with Crippen molar-refractivity contribution >= 4 is 66.3 Å². The zero-order valence-electron chi connectivity index (χ0n) is 44.8. The van der Waals surface area contributed by atoms with E-state index in [1.165, 1.54) is 81.1 Å². The summed E-state index contributed by atoms with van der Waals surface area (Å²) in [5.74, 6) is 7.59. The first-order chi connectivity index (χ1) is 34.0. The predicted molar refractivity (Wildman–Crippen MR) is 310 cm³/mol. The quantitative estimate of drug-likeness (QED) is 0.149. The van der Waals surface area contributed by atoms with E-state index in [1.807, 2.05) is 6.20 Å². The maximum Gasteiger partial charge on any atom is -0.0132 e. The van der Waals surface area contributed by atoms with E-state index in [0.717, 1.165) is 34.2 Å². The molecule has 7 aromatic carbocycles. The van der Waals surface area contributed by atoms with Crippen molar-refractivity contribution in [2.45, 2.75) is 116 Å². The fraction of sp³-hybridized carbons (Fsp3) is 0.288. The molecule has 0 N–H and O–H groups in total. The molecule has 0 spiro atoms. The molecule has 0 aliphatic carbocycles. The van der Waals surface area contributed by atoms with Crippen LogP contribution in [0.5, 0.6) is 11.5 Å². The van der Waals surface area contributed by atoms with Gasteiger partial charge < -0.3 is 0 Å². The second-order valence-corrected chi connectivity index (χ2v) is 32.1. The van der Waals surface area contributed by atoms with Crippen molar-refractivity contribution in [3.05, 3.63) is 180 Å². The molecule has 0 bridgehead atoms. The van der Waals surface area contributed by atoms with Crippen LogP contribution in [0.3, 0.4) is 0 Å². The van der Waals surface area contributed by atoms with Crippen LogP contribution in [0.25, 0.3) is 49.9 Å². The zero-order valence-corrected chi connectivity index (χ0v) is 46.5. The Hall–Kier alpha value is -6.59. The van der Waals surface area contributed by atoms with Gasteiger partial charge in [-0.15, -0.1) is 0 Å². The molecule has 0 atom stereocenters. The molecule has 0 unspecified atom stereocenters. The minimum Gasteiger partial charge on any atom is -0.0561 e. The van der Waals surface area contributed by atoms with Crippen LogP contribution in [-0.4, -0.2) is 29.1 Å². The van der Waals surface area contributed by atoms with Gasteiger partial charge in [0.1, 0.15) is 0 Å². The molecule has 2 aliphatic heterocycles. The number of ether oxygens (including phenoxy) is 1. The van der Waals surface area contributed by atoms with Gasteiger partial charge in [-0.05, 0) is 56.2 Å². The van der Waals surface area contributed by atoms with E-state index in [9.17, 15) is 0 Å². The summed E-state index contributed by atoms with van der Waals surface area (Å²) in [5.41, 5.74) is 17.0. The van der Waals surface area contributed by atoms with Crippen LogP contribution >= 0.6 is 0 Å². The molecule has 72 heavy (non-hydrogen) atoms. The molecule has 4 heterocycles. The average Bonchev–Trinajstić information content (AvgIpc) is 3.96. The fourth-order valence-corrected chi connectivity index (χ4v) is 16.1. The number of nitrogens with zero attached hydrogens (tertiary/aromatic N) is 4. The van der Waals surface area contributed by atoms with Gasteiger partial charge in [-0.25, -0.2) is 0 Å². The number of benzene rings is 7. The van der Waals surface area contributed by atoms with Crippen LogP contribution in [0.15, 0.2) is 158 Å². The van der Waals surface area contributed by atoms with E-state index in [0.29, 0.717) is 6.67 Å². The summed E-state index contributed by atoms with van der Waals surface area (Å²) in [6.45, 7) is 28.4. The topological polar surface area (TPSA) is 33.5 Å².